The van der Waals surface area contributed by atoms with Crippen molar-refractivity contribution in [2.24, 2.45) is 0 Å². The maximum absolute atomic E-state index is 12.3. The fourth-order valence-corrected chi connectivity index (χ4v) is 4.47. The molecule has 0 aliphatic rings. The normalized spacial score (nSPS) is 11.3. The van der Waals surface area contributed by atoms with Gasteiger partial charge in [0.05, 0.1) is 11.9 Å². The Hall–Kier alpha value is -1.41. The number of aryl methyl sites for hydroxylation is 1. The molecule has 0 aliphatic heterocycles. The molecule has 2 rings (SSSR count). The Morgan fingerprint density at radius 3 is 2.39 bits per heavy atom. The van der Waals surface area contributed by atoms with Crippen LogP contribution in [0.3, 0.4) is 0 Å². The lowest BCUT2D eigenvalue weighted by Gasteiger charge is -2.23. The lowest BCUT2D eigenvalue weighted by molar-refractivity contribution is -0.119. The molecule has 0 radical (unpaired) electrons. The molecular formula is C19H22Cl2N2O3S2. The second kappa shape index (κ2) is 10.4. The van der Waals surface area contributed by atoms with E-state index in [1.807, 2.05) is 24.3 Å². The van der Waals surface area contributed by atoms with Gasteiger partial charge in [-0.3, -0.25) is 9.10 Å². The molecular weight excluding hydrogens is 439 g/mol. The number of nitrogens with zero attached hydrogens (tertiary/aromatic N) is 1. The third-order valence-electron chi connectivity index (χ3n) is 3.88. The summed E-state index contributed by atoms with van der Waals surface area (Å²) in [6, 6.07) is 12.6. The largest absolute Gasteiger partial charge is 0.354 e. The number of hydrogen-bond donors (Lipinski definition) is 1. The summed E-state index contributed by atoms with van der Waals surface area (Å²) in [5.74, 6) is 1.16. The number of amides is 1. The first kappa shape index (κ1) is 22.9. The molecule has 0 aliphatic carbocycles. The van der Waals surface area contributed by atoms with E-state index in [-0.39, 0.29) is 12.5 Å². The van der Waals surface area contributed by atoms with Gasteiger partial charge in [0.2, 0.25) is 15.9 Å². The van der Waals surface area contributed by atoms with Gasteiger partial charge in [0.15, 0.2) is 0 Å². The SMILES string of the molecule is Cc1ccc(Cl)cc1N(CC(=O)NCCSCc1ccc(Cl)cc1)S(C)(=O)=O. The molecule has 28 heavy (non-hydrogen) atoms. The van der Waals surface area contributed by atoms with Crippen LogP contribution in [0.2, 0.25) is 10.0 Å². The number of rotatable bonds is 9. The van der Waals surface area contributed by atoms with Crippen molar-refractivity contribution in [1.82, 2.24) is 5.32 Å². The Balaban J connectivity index is 1.86. The lowest BCUT2D eigenvalue weighted by atomic mass is 10.2. The van der Waals surface area contributed by atoms with Crippen LogP contribution in [0.15, 0.2) is 42.5 Å². The second-order valence-corrected chi connectivity index (χ2v) is 10.1. The minimum atomic E-state index is -3.63. The van der Waals surface area contributed by atoms with E-state index in [4.69, 9.17) is 23.2 Å². The summed E-state index contributed by atoms with van der Waals surface area (Å²) in [5.41, 5.74) is 2.28. The predicted molar refractivity (Wildman–Crippen MR) is 119 cm³/mol. The Kier molecular flexibility index (Phi) is 8.49. The van der Waals surface area contributed by atoms with Crippen molar-refractivity contribution >= 4 is 56.6 Å². The minimum absolute atomic E-state index is 0.290. The minimum Gasteiger partial charge on any atom is -0.354 e. The zero-order chi connectivity index (χ0) is 20.7. The first-order valence-electron chi connectivity index (χ1n) is 8.49. The number of thioether (sulfide) groups is 1. The summed E-state index contributed by atoms with van der Waals surface area (Å²) in [7, 11) is -3.63. The van der Waals surface area contributed by atoms with Crippen molar-refractivity contribution in [3.05, 3.63) is 63.6 Å². The number of halogens is 2. The van der Waals surface area contributed by atoms with E-state index in [1.54, 1.807) is 36.9 Å². The van der Waals surface area contributed by atoms with Crippen molar-refractivity contribution in [2.75, 3.05) is 29.4 Å². The van der Waals surface area contributed by atoms with Crippen LogP contribution in [0.25, 0.3) is 0 Å². The van der Waals surface area contributed by atoms with Gasteiger partial charge in [-0.2, -0.15) is 11.8 Å². The second-order valence-electron chi connectivity index (χ2n) is 6.23. The molecule has 0 heterocycles. The van der Waals surface area contributed by atoms with Crippen LogP contribution in [0.5, 0.6) is 0 Å². The van der Waals surface area contributed by atoms with Crippen molar-refractivity contribution < 1.29 is 13.2 Å². The zero-order valence-electron chi connectivity index (χ0n) is 15.6. The molecule has 1 amide bonds. The Labute approximate surface area is 180 Å². The number of hydrogen-bond acceptors (Lipinski definition) is 4. The molecule has 0 saturated carbocycles. The van der Waals surface area contributed by atoms with E-state index in [0.717, 1.165) is 27.4 Å². The molecule has 2 aromatic carbocycles. The number of carbonyl (C=O) groups excluding carboxylic acids is 1. The molecule has 5 nitrogen and oxygen atoms in total. The highest BCUT2D eigenvalue weighted by molar-refractivity contribution is 7.98. The average Bonchev–Trinajstić information content (AvgIpc) is 2.62. The Morgan fingerprint density at radius 1 is 1.11 bits per heavy atom. The van der Waals surface area contributed by atoms with Crippen LogP contribution in [0.1, 0.15) is 11.1 Å². The van der Waals surface area contributed by atoms with Gasteiger partial charge in [-0.15, -0.1) is 0 Å². The summed E-state index contributed by atoms with van der Waals surface area (Å²) in [6.45, 7) is 1.93. The number of carbonyl (C=O) groups is 1. The maximum Gasteiger partial charge on any atom is 0.240 e. The summed E-state index contributed by atoms with van der Waals surface area (Å²) >= 11 is 13.5. The average molecular weight is 461 g/mol. The van der Waals surface area contributed by atoms with E-state index in [9.17, 15) is 13.2 Å². The van der Waals surface area contributed by atoms with Crippen molar-refractivity contribution in [3.63, 3.8) is 0 Å². The third kappa shape index (κ3) is 7.20. The first-order chi connectivity index (χ1) is 13.2. The molecule has 9 heteroatoms. The van der Waals surface area contributed by atoms with Crippen molar-refractivity contribution in [2.45, 2.75) is 12.7 Å². The third-order valence-corrected chi connectivity index (χ3v) is 6.52. The number of nitrogens with one attached hydrogen (secondary N) is 1. The van der Waals surface area contributed by atoms with Gasteiger partial charge in [-0.1, -0.05) is 41.4 Å². The molecule has 0 saturated heterocycles. The highest BCUT2D eigenvalue weighted by Gasteiger charge is 2.22. The molecule has 2 aromatic rings. The smallest absolute Gasteiger partial charge is 0.240 e. The van der Waals surface area contributed by atoms with Gasteiger partial charge in [0.1, 0.15) is 6.54 Å². The van der Waals surface area contributed by atoms with Crippen molar-refractivity contribution in [3.8, 4) is 0 Å². The number of sulfonamides is 1. The maximum atomic E-state index is 12.3. The first-order valence-corrected chi connectivity index (χ1v) is 12.3. The molecule has 0 atom stereocenters. The van der Waals surface area contributed by atoms with Gasteiger partial charge in [-0.25, -0.2) is 8.42 Å². The van der Waals surface area contributed by atoms with Gasteiger partial charge in [0.25, 0.3) is 0 Å². The Bertz CT molecular complexity index is 919. The number of benzene rings is 2. The summed E-state index contributed by atoms with van der Waals surface area (Å²) in [4.78, 5) is 12.3. The lowest BCUT2D eigenvalue weighted by Crippen LogP contribution is -2.41. The molecule has 0 bridgehead atoms. The highest BCUT2D eigenvalue weighted by atomic mass is 35.5. The quantitative estimate of drug-likeness (QED) is 0.571. The van der Waals surface area contributed by atoms with Crippen LogP contribution >= 0.6 is 35.0 Å². The van der Waals surface area contributed by atoms with Crippen LogP contribution in [-0.2, 0) is 20.6 Å². The van der Waals surface area contributed by atoms with Crippen LogP contribution in [-0.4, -0.2) is 39.4 Å². The van der Waals surface area contributed by atoms with Crippen LogP contribution in [0, 0.1) is 6.92 Å². The highest BCUT2D eigenvalue weighted by Crippen LogP contribution is 2.26. The van der Waals surface area contributed by atoms with E-state index in [0.29, 0.717) is 28.0 Å². The van der Waals surface area contributed by atoms with Crippen molar-refractivity contribution in [1.29, 1.82) is 0 Å². The van der Waals surface area contributed by atoms with Crippen LogP contribution < -0.4 is 9.62 Å². The van der Waals surface area contributed by atoms with Gasteiger partial charge < -0.3 is 5.32 Å². The van der Waals surface area contributed by atoms with Gasteiger partial charge >= 0.3 is 0 Å². The van der Waals surface area contributed by atoms with E-state index >= 15 is 0 Å². The topological polar surface area (TPSA) is 66.5 Å². The van der Waals surface area contributed by atoms with E-state index < -0.39 is 10.0 Å². The molecule has 0 fully saturated rings. The van der Waals surface area contributed by atoms with E-state index in [2.05, 4.69) is 5.32 Å². The van der Waals surface area contributed by atoms with Crippen LogP contribution in [0.4, 0.5) is 5.69 Å². The fraction of sp³-hybridized carbons (Fsp3) is 0.316. The molecule has 0 aromatic heterocycles. The molecule has 0 unspecified atom stereocenters. The molecule has 1 N–H and O–H groups in total. The van der Waals surface area contributed by atoms with E-state index in [1.165, 1.54) is 0 Å². The summed E-state index contributed by atoms with van der Waals surface area (Å²) in [5, 5.41) is 3.88. The summed E-state index contributed by atoms with van der Waals surface area (Å²) in [6.07, 6.45) is 1.07. The zero-order valence-corrected chi connectivity index (χ0v) is 18.8. The molecule has 0 spiro atoms. The summed E-state index contributed by atoms with van der Waals surface area (Å²) < 4.78 is 25.4. The number of anilines is 1. The standard InChI is InChI=1S/C19H22Cl2N2O3S2/c1-14-3-6-17(21)11-18(14)23(28(2,25)26)12-19(24)22-9-10-27-13-15-4-7-16(20)8-5-15/h3-8,11H,9-10,12-13H2,1-2H3,(H,22,24). The molecule has 152 valence electrons. The monoisotopic (exact) mass is 460 g/mol. The van der Waals surface area contributed by atoms with Gasteiger partial charge in [-0.05, 0) is 42.3 Å². The van der Waals surface area contributed by atoms with Gasteiger partial charge in [0, 0.05) is 28.1 Å². The Morgan fingerprint density at radius 2 is 1.75 bits per heavy atom. The predicted octanol–water partition coefficient (Wildman–Crippen LogP) is 4.12. The fourth-order valence-electron chi connectivity index (χ4n) is 2.45.